The van der Waals surface area contributed by atoms with E-state index in [9.17, 15) is 5.11 Å². The van der Waals surface area contributed by atoms with Crippen LogP contribution < -0.4 is 0 Å². The summed E-state index contributed by atoms with van der Waals surface area (Å²) in [5, 5.41) is 13.5. The molecule has 1 aromatic heterocycles. The second kappa shape index (κ2) is 5.93. The van der Waals surface area contributed by atoms with Gasteiger partial charge in [-0.3, -0.25) is 0 Å². The topological polar surface area (TPSA) is 20.2 Å². The zero-order valence-corrected chi connectivity index (χ0v) is 13.5. The van der Waals surface area contributed by atoms with Crippen molar-refractivity contribution >= 4 is 50.5 Å². The molecule has 1 aromatic carbocycles. The van der Waals surface area contributed by atoms with Crippen LogP contribution in [0.5, 0.6) is 0 Å². The van der Waals surface area contributed by atoms with Crippen molar-refractivity contribution in [3.05, 3.63) is 54.1 Å². The molecule has 5 heteroatoms. The molecule has 1 nitrogen and oxygen atoms in total. The van der Waals surface area contributed by atoms with Gasteiger partial charge in [0.15, 0.2) is 0 Å². The van der Waals surface area contributed by atoms with Crippen LogP contribution in [-0.4, -0.2) is 5.11 Å². The van der Waals surface area contributed by atoms with E-state index < -0.39 is 6.10 Å². The van der Waals surface area contributed by atoms with Gasteiger partial charge in [-0.25, -0.2) is 0 Å². The van der Waals surface area contributed by atoms with Gasteiger partial charge in [-0.15, -0.1) is 11.3 Å². The van der Waals surface area contributed by atoms with Gasteiger partial charge in [-0.1, -0.05) is 45.2 Å². The second-order valence-electron chi connectivity index (χ2n) is 4.05. The van der Waals surface area contributed by atoms with Crippen LogP contribution >= 0.6 is 50.5 Å². The molecule has 0 saturated carbocycles. The van der Waals surface area contributed by atoms with Crippen molar-refractivity contribution < 1.29 is 5.11 Å². The molecule has 2 aromatic rings. The van der Waals surface area contributed by atoms with Crippen LogP contribution in [-0.2, 0) is 6.42 Å². The molecule has 18 heavy (non-hydrogen) atoms. The number of rotatable bonds is 3. The van der Waals surface area contributed by atoms with Crippen molar-refractivity contribution in [1.29, 1.82) is 0 Å². The monoisotopic (exact) mass is 364 g/mol. The number of hydrogen-bond donors (Lipinski definition) is 1. The van der Waals surface area contributed by atoms with Gasteiger partial charge in [0, 0.05) is 15.9 Å². The normalized spacial score (nSPS) is 12.7. The lowest BCUT2D eigenvalue weighted by Crippen LogP contribution is -2.01. The summed E-state index contributed by atoms with van der Waals surface area (Å²) < 4.78 is 0.927. The van der Waals surface area contributed by atoms with E-state index in [1.54, 1.807) is 0 Å². The first-order valence-corrected chi connectivity index (χ1v) is 7.77. The molecule has 0 amide bonds. The molecule has 0 aliphatic rings. The molecule has 1 atom stereocenters. The van der Waals surface area contributed by atoms with Crippen LogP contribution in [0.3, 0.4) is 0 Å². The molecule has 0 spiro atoms. The average Bonchev–Trinajstić information content (AvgIpc) is 2.64. The van der Waals surface area contributed by atoms with E-state index in [4.69, 9.17) is 23.2 Å². The Bertz CT molecular complexity index is 568. The molecular weight excluding hydrogens is 355 g/mol. The smallest absolute Gasteiger partial charge is 0.0937 e. The average molecular weight is 366 g/mol. The van der Waals surface area contributed by atoms with Gasteiger partial charge in [0.1, 0.15) is 0 Å². The highest BCUT2D eigenvalue weighted by Crippen LogP contribution is 2.35. The zero-order chi connectivity index (χ0) is 13.3. The lowest BCUT2D eigenvalue weighted by atomic mass is 10.1. The van der Waals surface area contributed by atoms with Crippen LogP contribution in [0.1, 0.15) is 22.1 Å². The summed E-state index contributed by atoms with van der Waals surface area (Å²) in [5.74, 6) is 0. The van der Waals surface area contributed by atoms with E-state index in [0.717, 1.165) is 20.5 Å². The molecule has 0 fully saturated rings. The van der Waals surface area contributed by atoms with Gasteiger partial charge in [0.05, 0.1) is 16.0 Å². The summed E-state index contributed by atoms with van der Waals surface area (Å²) in [5.41, 5.74) is 1.91. The first-order valence-electron chi connectivity index (χ1n) is 5.34. The summed E-state index contributed by atoms with van der Waals surface area (Å²) in [4.78, 5) is 0.799. The summed E-state index contributed by atoms with van der Waals surface area (Å²) in [7, 11) is 0. The Morgan fingerprint density at radius 3 is 2.67 bits per heavy atom. The molecule has 0 saturated heterocycles. The number of aliphatic hydroxyl groups excluding tert-OH is 1. The predicted octanol–water partition coefficient (Wildman–Crippen LogP) is 5.40. The van der Waals surface area contributed by atoms with E-state index in [1.807, 2.05) is 30.5 Å². The highest BCUT2D eigenvalue weighted by molar-refractivity contribution is 9.10. The van der Waals surface area contributed by atoms with Gasteiger partial charge >= 0.3 is 0 Å². The van der Waals surface area contributed by atoms with E-state index in [0.29, 0.717) is 16.5 Å². The molecule has 96 valence electrons. The lowest BCUT2D eigenvalue weighted by Gasteiger charge is -2.11. The SMILES string of the molecule is Cc1csc(C(O)Cc2ccc(Br)cc2Cl)c1Cl. The van der Waals surface area contributed by atoms with Crippen molar-refractivity contribution in [2.24, 2.45) is 0 Å². The van der Waals surface area contributed by atoms with Crippen LogP contribution in [0.25, 0.3) is 0 Å². The van der Waals surface area contributed by atoms with E-state index >= 15 is 0 Å². The standard InChI is InChI=1S/C13H11BrCl2OS/c1-7-6-18-13(12(7)16)11(17)4-8-2-3-9(14)5-10(8)15/h2-3,5-6,11,17H,4H2,1H3. The molecule has 0 aliphatic carbocycles. The van der Waals surface area contributed by atoms with Gasteiger partial charge in [-0.05, 0) is 35.6 Å². The molecule has 0 aliphatic heterocycles. The third-order valence-corrected chi connectivity index (χ3v) is 5.32. The minimum Gasteiger partial charge on any atom is -0.387 e. The van der Waals surface area contributed by atoms with Crippen molar-refractivity contribution in [2.75, 3.05) is 0 Å². The Labute approximate surface area is 128 Å². The molecule has 0 bridgehead atoms. The van der Waals surface area contributed by atoms with E-state index in [-0.39, 0.29) is 0 Å². The van der Waals surface area contributed by atoms with Crippen molar-refractivity contribution in [2.45, 2.75) is 19.4 Å². The van der Waals surface area contributed by atoms with Crippen molar-refractivity contribution in [3.8, 4) is 0 Å². The van der Waals surface area contributed by atoms with Gasteiger partial charge in [0.25, 0.3) is 0 Å². The molecule has 1 N–H and O–H groups in total. The summed E-state index contributed by atoms with van der Waals surface area (Å²) in [6.45, 7) is 1.93. The van der Waals surface area contributed by atoms with Crippen molar-refractivity contribution in [3.63, 3.8) is 0 Å². The van der Waals surface area contributed by atoms with E-state index in [2.05, 4.69) is 15.9 Å². The Morgan fingerprint density at radius 2 is 2.11 bits per heavy atom. The minimum atomic E-state index is -0.616. The lowest BCUT2D eigenvalue weighted by molar-refractivity contribution is 0.182. The molecule has 0 radical (unpaired) electrons. The van der Waals surface area contributed by atoms with Gasteiger partial charge < -0.3 is 5.11 Å². The van der Waals surface area contributed by atoms with Gasteiger partial charge in [0.2, 0.25) is 0 Å². The Morgan fingerprint density at radius 1 is 1.39 bits per heavy atom. The van der Waals surface area contributed by atoms with Crippen LogP contribution in [0, 0.1) is 6.92 Å². The predicted molar refractivity (Wildman–Crippen MR) is 81.9 cm³/mol. The fraction of sp³-hybridized carbons (Fsp3) is 0.231. The molecular formula is C13H11BrCl2OS. The summed E-state index contributed by atoms with van der Waals surface area (Å²) in [6.07, 6.45) is -0.152. The number of aryl methyl sites for hydroxylation is 1. The van der Waals surface area contributed by atoms with Crippen LogP contribution in [0.15, 0.2) is 28.1 Å². The van der Waals surface area contributed by atoms with Crippen molar-refractivity contribution in [1.82, 2.24) is 0 Å². The number of thiophene rings is 1. The number of aliphatic hydroxyl groups is 1. The highest BCUT2D eigenvalue weighted by atomic mass is 79.9. The highest BCUT2D eigenvalue weighted by Gasteiger charge is 2.17. The third-order valence-electron chi connectivity index (χ3n) is 2.66. The van der Waals surface area contributed by atoms with E-state index in [1.165, 1.54) is 11.3 Å². The zero-order valence-electron chi connectivity index (χ0n) is 9.58. The Hall–Kier alpha value is -0.0600. The molecule has 1 unspecified atom stereocenters. The maximum absolute atomic E-state index is 10.2. The maximum Gasteiger partial charge on any atom is 0.0937 e. The van der Waals surface area contributed by atoms with Crippen LogP contribution in [0.2, 0.25) is 10.0 Å². The minimum absolute atomic E-state index is 0.464. The molecule has 2 rings (SSSR count). The fourth-order valence-corrected chi connectivity index (χ4v) is 3.72. The third kappa shape index (κ3) is 3.09. The Kier molecular flexibility index (Phi) is 4.73. The summed E-state index contributed by atoms with van der Waals surface area (Å²) >= 11 is 17.1. The fourth-order valence-electron chi connectivity index (χ4n) is 1.66. The second-order valence-corrected chi connectivity index (χ2v) is 6.66. The summed E-state index contributed by atoms with van der Waals surface area (Å²) in [6, 6.07) is 5.64. The molecule has 1 heterocycles. The van der Waals surface area contributed by atoms with Gasteiger partial charge in [-0.2, -0.15) is 0 Å². The number of benzene rings is 1. The Balaban J connectivity index is 2.21. The number of halogens is 3. The first-order chi connectivity index (χ1) is 8.49. The maximum atomic E-state index is 10.2. The quantitative estimate of drug-likeness (QED) is 0.771. The largest absolute Gasteiger partial charge is 0.387 e. The first kappa shape index (κ1) is 14.4. The number of hydrogen-bond acceptors (Lipinski definition) is 2. The van der Waals surface area contributed by atoms with Crippen LogP contribution in [0.4, 0.5) is 0 Å².